The molecule has 0 amide bonds. The Hall–Kier alpha value is -1.12. The van der Waals surface area contributed by atoms with Crippen molar-refractivity contribution in [2.45, 2.75) is 0 Å². The van der Waals surface area contributed by atoms with E-state index in [1.165, 1.54) is 0 Å². The highest BCUT2D eigenvalue weighted by Gasteiger charge is 2.14. The van der Waals surface area contributed by atoms with Crippen LogP contribution in [-0.2, 0) is 0 Å². The number of allylic oxidation sites excluding steroid dienone is 1. The smallest absolute Gasteiger partial charge is 0.0818 e. The van der Waals surface area contributed by atoms with Crippen LogP contribution in [0.4, 0.5) is 0 Å². The molecular formula is C8H11N3. The van der Waals surface area contributed by atoms with Crippen LogP contribution in [0.15, 0.2) is 22.3 Å². The molecule has 0 unspecified atom stereocenters. The third kappa shape index (κ3) is 1.18. The quantitative estimate of drug-likeness (QED) is 0.488. The van der Waals surface area contributed by atoms with Gasteiger partial charge >= 0.3 is 0 Å². The van der Waals surface area contributed by atoms with Gasteiger partial charge in [0.15, 0.2) is 0 Å². The van der Waals surface area contributed by atoms with Crippen molar-refractivity contribution in [3.8, 4) is 0 Å². The normalized spacial score (nSPS) is 22.5. The summed E-state index contributed by atoms with van der Waals surface area (Å²) in [6, 6.07) is 0. The summed E-state index contributed by atoms with van der Waals surface area (Å²) >= 11 is 0. The fourth-order valence-corrected chi connectivity index (χ4v) is 1.29. The zero-order valence-corrected chi connectivity index (χ0v) is 6.62. The minimum absolute atomic E-state index is 0.854. The standard InChI is InChI=1S/C8H11N3/c1-11-5-2-7-8(6-11)10-4-3-9-7/h2,5H,3-4,6H2,1H3. The highest BCUT2D eigenvalue weighted by molar-refractivity contribution is 6.48. The van der Waals surface area contributed by atoms with Gasteiger partial charge in [0.05, 0.1) is 31.1 Å². The van der Waals surface area contributed by atoms with E-state index < -0.39 is 0 Å². The maximum atomic E-state index is 4.39. The van der Waals surface area contributed by atoms with Crippen LogP contribution < -0.4 is 0 Å². The molecule has 2 heterocycles. The largest absolute Gasteiger partial charge is 0.374 e. The van der Waals surface area contributed by atoms with Crippen LogP contribution in [-0.4, -0.2) is 43.0 Å². The minimum atomic E-state index is 0.854. The lowest BCUT2D eigenvalue weighted by Crippen LogP contribution is -2.33. The third-order valence-corrected chi connectivity index (χ3v) is 1.87. The molecule has 0 spiro atoms. The predicted molar refractivity (Wildman–Crippen MR) is 46.4 cm³/mol. The Balaban J connectivity index is 2.30. The number of fused-ring (bicyclic) bond motifs is 1. The molecule has 2 aliphatic rings. The molecule has 0 radical (unpaired) electrons. The summed E-state index contributed by atoms with van der Waals surface area (Å²) in [6.07, 6.45) is 4.07. The molecule has 0 N–H and O–H groups in total. The van der Waals surface area contributed by atoms with Gasteiger partial charge in [-0.25, -0.2) is 0 Å². The van der Waals surface area contributed by atoms with Gasteiger partial charge in [-0.15, -0.1) is 0 Å². The van der Waals surface area contributed by atoms with Gasteiger partial charge in [0.25, 0.3) is 0 Å². The Morgan fingerprint density at radius 1 is 1.36 bits per heavy atom. The van der Waals surface area contributed by atoms with Crippen molar-refractivity contribution in [2.75, 3.05) is 26.7 Å². The summed E-state index contributed by atoms with van der Waals surface area (Å²) in [5.41, 5.74) is 2.22. The Bertz CT molecular complexity index is 250. The van der Waals surface area contributed by atoms with Crippen molar-refractivity contribution in [1.82, 2.24) is 4.90 Å². The van der Waals surface area contributed by atoms with Crippen LogP contribution in [0.5, 0.6) is 0 Å². The zero-order valence-electron chi connectivity index (χ0n) is 6.62. The second kappa shape index (κ2) is 2.49. The molecule has 2 rings (SSSR count). The lowest BCUT2D eigenvalue weighted by atomic mass is 10.1. The number of hydrogen-bond donors (Lipinski definition) is 0. The highest BCUT2D eigenvalue weighted by Crippen LogP contribution is 2.03. The van der Waals surface area contributed by atoms with Crippen molar-refractivity contribution in [2.24, 2.45) is 9.98 Å². The van der Waals surface area contributed by atoms with Crippen molar-refractivity contribution in [3.05, 3.63) is 12.3 Å². The van der Waals surface area contributed by atoms with Gasteiger partial charge in [0.2, 0.25) is 0 Å². The van der Waals surface area contributed by atoms with Gasteiger partial charge in [-0.2, -0.15) is 0 Å². The van der Waals surface area contributed by atoms with Gasteiger partial charge < -0.3 is 4.90 Å². The average molecular weight is 149 g/mol. The molecule has 11 heavy (non-hydrogen) atoms. The third-order valence-electron chi connectivity index (χ3n) is 1.87. The maximum Gasteiger partial charge on any atom is 0.0818 e. The molecule has 0 bridgehead atoms. The van der Waals surface area contributed by atoms with Crippen LogP contribution in [0.2, 0.25) is 0 Å². The molecular weight excluding hydrogens is 138 g/mol. The van der Waals surface area contributed by atoms with Crippen LogP contribution >= 0.6 is 0 Å². The molecule has 0 saturated heterocycles. The number of nitrogens with zero attached hydrogens (tertiary/aromatic N) is 3. The lowest BCUT2D eigenvalue weighted by molar-refractivity contribution is 0.522. The molecule has 0 fully saturated rings. The Kier molecular flexibility index (Phi) is 1.49. The summed E-state index contributed by atoms with van der Waals surface area (Å²) in [6.45, 7) is 2.63. The van der Waals surface area contributed by atoms with E-state index in [0.29, 0.717) is 0 Å². The van der Waals surface area contributed by atoms with E-state index in [1.807, 2.05) is 19.3 Å². The highest BCUT2D eigenvalue weighted by atomic mass is 15.1. The summed E-state index contributed by atoms with van der Waals surface area (Å²) in [5.74, 6) is 0. The molecule has 0 aromatic heterocycles. The summed E-state index contributed by atoms with van der Waals surface area (Å²) in [5, 5.41) is 0. The molecule has 0 aromatic carbocycles. The Morgan fingerprint density at radius 3 is 3.09 bits per heavy atom. The van der Waals surface area contributed by atoms with Gasteiger partial charge in [-0.3, -0.25) is 9.98 Å². The zero-order chi connectivity index (χ0) is 7.68. The average Bonchev–Trinajstić information content (AvgIpc) is 2.04. The van der Waals surface area contributed by atoms with Crippen LogP contribution in [0.25, 0.3) is 0 Å². The van der Waals surface area contributed by atoms with Gasteiger partial charge in [0, 0.05) is 13.2 Å². The lowest BCUT2D eigenvalue weighted by Gasteiger charge is -2.22. The summed E-state index contributed by atoms with van der Waals surface area (Å²) in [4.78, 5) is 10.9. The Labute approximate surface area is 66.1 Å². The van der Waals surface area contributed by atoms with Gasteiger partial charge in [-0.05, 0) is 6.08 Å². The van der Waals surface area contributed by atoms with Crippen LogP contribution in [0.3, 0.4) is 0 Å². The topological polar surface area (TPSA) is 28.0 Å². The molecule has 0 aliphatic carbocycles. The fourth-order valence-electron chi connectivity index (χ4n) is 1.29. The van der Waals surface area contributed by atoms with E-state index in [9.17, 15) is 0 Å². The molecule has 0 saturated carbocycles. The van der Waals surface area contributed by atoms with Crippen molar-refractivity contribution in [3.63, 3.8) is 0 Å². The van der Waals surface area contributed by atoms with E-state index in [0.717, 1.165) is 31.1 Å². The number of hydrogen-bond acceptors (Lipinski definition) is 3. The molecule has 0 atom stereocenters. The van der Waals surface area contributed by atoms with E-state index >= 15 is 0 Å². The van der Waals surface area contributed by atoms with E-state index in [4.69, 9.17) is 0 Å². The number of aliphatic imine (C=N–C) groups is 2. The second-order valence-corrected chi connectivity index (χ2v) is 2.83. The molecule has 0 aromatic rings. The first-order valence-corrected chi connectivity index (χ1v) is 3.83. The first kappa shape index (κ1) is 6.58. The van der Waals surface area contributed by atoms with E-state index in [2.05, 4.69) is 14.9 Å². The second-order valence-electron chi connectivity index (χ2n) is 2.83. The van der Waals surface area contributed by atoms with Crippen LogP contribution in [0.1, 0.15) is 0 Å². The predicted octanol–water partition coefficient (Wildman–Crippen LogP) is 0.341. The SMILES string of the molecule is CN1C=CC2=NCCN=C2C1. The number of rotatable bonds is 0. The first-order valence-electron chi connectivity index (χ1n) is 3.83. The Morgan fingerprint density at radius 2 is 2.18 bits per heavy atom. The fraction of sp³-hybridized carbons (Fsp3) is 0.500. The molecule has 3 nitrogen and oxygen atoms in total. The van der Waals surface area contributed by atoms with Gasteiger partial charge in [-0.1, -0.05) is 0 Å². The first-order chi connectivity index (χ1) is 5.36. The van der Waals surface area contributed by atoms with Crippen molar-refractivity contribution in [1.29, 1.82) is 0 Å². The van der Waals surface area contributed by atoms with E-state index in [1.54, 1.807) is 0 Å². The van der Waals surface area contributed by atoms with Crippen LogP contribution in [0, 0.1) is 0 Å². The molecule has 2 aliphatic heterocycles. The monoisotopic (exact) mass is 149 g/mol. The molecule has 58 valence electrons. The summed E-state index contributed by atoms with van der Waals surface area (Å²) in [7, 11) is 2.05. The van der Waals surface area contributed by atoms with Gasteiger partial charge in [0.1, 0.15) is 0 Å². The van der Waals surface area contributed by atoms with Crippen molar-refractivity contribution >= 4 is 11.4 Å². The maximum absolute atomic E-state index is 4.39. The summed E-state index contributed by atoms with van der Waals surface area (Å²) < 4.78 is 0. The molecule has 3 heteroatoms. The minimum Gasteiger partial charge on any atom is -0.374 e. The van der Waals surface area contributed by atoms with Crippen molar-refractivity contribution < 1.29 is 0 Å². The van der Waals surface area contributed by atoms with E-state index in [-0.39, 0.29) is 0 Å².